The van der Waals surface area contributed by atoms with Crippen LogP contribution in [-0.2, 0) is 0 Å². The molecule has 9 nitrogen and oxygen atoms in total. The van der Waals surface area contributed by atoms with E-state index in [1.165, 1.54) is 40.8 Å². The number of amidine groups is 1. The lowest BCUT2D eigenvalue weighted by molar-refractivity contribution is -0.274. The normalized spacial score (nSPS) is 16.0. The number of allylic oxidation sites excluding steroid dienone is 2. The van der Waals surface area contributed by atoms with Crippen molar-refractivity contribution >= 4 is 34.2 Å². The summed E-state index contributed by atoms with van der Waals surface area (Å²) >= 11 is 1.56. The Hall–Kier alpha value is -4.78. The third-order valence-corrected chi connectivity index (χ3v) is 8.88. The number of ether oxygens (including phenoxy) is 2. The van der Waals surface area contributed by atoms with Crippen molar-refractivity contribution in [1.29, 1.82) is 0 Å². The predicted octanol–water partition coefficient (Wildman–Crippen LogP) is 8.18. The zero-order valence-electron chi connectivity index (χ0n) is 26.0. The number of aliphatic imine (C=N–C) groups is 1. The molecule has 4 aromatic rings. The smallest absolute Gasteiger partial charge is 0.497 e. The summed E-state index contributed by atoms with van der Waals surface area (Å²) in [5.74, 6) is 2.04. The lowest BCUT2D eigenvalue weighted by Gasteiger charge is -2.23. The van der Waals surface area contributed by atoms with E-state index in [4.69, 9.17) is 4.74 Å². The molecule has 1 aromatic heterocycles. The number of carbonyl (C=O) groups excluding carboxylic acids is 1. The zero-order valence-corrected chi connectivity index (χ0v) is 26.9. The van der Waals surface area contributed by atoms with Gasteiger partial charge in [-0.1, -0.05) is 55.9 Å². The van der Waals surface area contributed by atoms with Crippen LogP contribution in [0.25, 0.3) is 22.6 Å². The number of benzene rings is 3. The van der Waals surface area contributed by atoms with Gasteiger partial charge in [0.05, 0.1) is 12.8 Å². The lowest BCUT2D eigenvalue weighted by atomic mass is 10.00. The fourth-order valence-electron chi connectivity index (χ4n) is 5.68. The first kappa shape index (κ1) is 32.2. The van der Waals surface area contributed by atoms with E-state index in [0.717, 1.165) is 65.4 Å². The summed E-state index contributed by atoms with van der Waals surface area (Å²) in [4.78, 5) is 24.2. The van der Waals surface area contributed by atoms with Crippen LogP contribution in [0.3, 0.4) is 0 Å². The van der Waals surface area contributed by atoms with Crippen molar-refractivity contribution in [3.05, 3.63) is 89.9 Å². The molecule has 1 aliphatic heterocycles. The van der Waals surface area contributed by atoms with Gasteiger partial charge in [0.2, 0.25) is 0 Å². The van der Waals surface area contributed by atoms with Crippen LogP contribution in [0.15, 0.2) is 83.7 Å². The number of amides is 2. The molecular formula is C34H33F3N6O3S. The maximum atomic E-state index is 13.2. The largest absolute Gasteiger partial charge is 0.573 e. The number of anilines is 1. The highest BCUT2D eigenvalue weighted by Gasteiger charge is 2.31. The third-order valence-electron chi connectivity index (χ3n) is 7.92. The molecule has 0 bridgehead atoms. The number of nitrogens with zero attached hydrogens (tertiary/aromatic N) is 5. The number of hydrogen-bond acceptors (Lipinski definition) is 6. The Morgan fingerprint density at radius 3 is 2.43 bits per heavy atom. The number of rotatable bonds is 8. The minimum absolute atomic E-state index is 0.295. The van der Waals surface area contributed by atoms with Crippen LogP contribution < -0.4 is 19.7 Å². The molecule has 2 heterocycles. The molecular weight excluding hydrogens is 629 g/mol. The number of urea groups is 1. The maximum Gasteiger partial charge on any atom is 0.573 e. The fourth-order valence-corrected chi connectivity index (χ4v) is 6.62. The molecule has 1 fully saturated rings. The van der Waals surface area contributed by atoms with Crippen molar-refractivity contribution < 1.29 is 27.4 Å². The highest BCUT2D eigenvalue weighted by atomic mass is 32.2. The van der Waals surface area contributed by atoms with E-state index < -0.39 is 12.4 Å². The van der Waals surface area contributed by atoms with E-state index in [2.05, 4.69) is 49.9 Å². The van der Waals surface area contributed by atoms with Crippen molar-refractivity contribution in [2.75, 3.05) is 24.3 Å². The van der Waals surface area contributed by atoms with Crippen molar-refractivity contribution in [2.45, 2.75) is 45.4 Å². The van der Waals surface area contributed by atoms with E-state index in [9.17, 15) is 18.0 Å². The number of aromatic nitrogens is 3. The molecule has 0 unspecified atom stereocenters. The number of nitrogens with one attached hydrogen (secondary N) is 1. The molecule has 1 aliphatic carbocycles. The summed E-state index contributed by atoms with van der Waals surface area (Å²) in [7, 11) is 1.65. The van der Waals surface area contributed by atoms with Crippen LogP contribution in [-0.4, -0.2) is 51.7 Å². The van der Waals surface area contributed by atoms with E-state index in [-0.39, 0.29) is 5.75 Å². The second kappa shape index (κ2) is 13.5. The number of methoxy groups -OCH3 is 1. The summed E-state index contributed by atoms with van der Waals surface area (Å²) in [5.41, 5.74) is 6.41. The Morgan fingerprint density at radius 1 is 1.00 bits per heavy atom. The minimum Gasteiger partial charge on any atom is -0.497 e. The van der Waals surface area contributed by atoms with Crippen molar-refractivity contribution in [3.63, 3.8) is 0 Å². The number of thioether (sulfide) groups is 1. The van der Waals surface area contributed by atoms with Crippen LogP contribution in [0.5, 0.6) is 11.5 Å². The maximum absolute atomic E-state index is 13.2. The summed E-state index contributed by atoms with van der Waals surface area (Å²) < 4.78 is 48.3. The molecule has 47 heavy (non-hydrogen) atoms. The summed E-state index contributed by atoms with van der Waals surface area (Å²) in [6.45, 7) is 5.04. The van der Waals surface area contributed by atoms with Gasteiger partial charge >= 0.3 is 12.4 Å². The van der Waals surface area contributed by atoms with Crippen molar-refractivity contribution in [3.8, 4) is 28.6 Å². The molecule has 3 aromatic carbocycles. The average Bonchev–Trinajstić information content (AvgIpc) is 3.82. The fraction of sp³-hybridized carbons (Fsp3) is 0.294. The average molecular weight is 663 g/mol. The van der Waals surface area contributed by atoms with E-state index >= 15 is 0 Å². The van der Waals surface area contributed by atoms with Crippen LogP contribution in [0.1, 0.15) is 50.2 Å². The van der Waals surface area contributed by atoms with Gasteiger partial charge in [0.1, 0.15) is 17.8 Å². The van der Waals surface area contributed by atoms with Gasteiger partial charge in [0.25, 0.3) is 0 Å². The summed E-state index contributed by atoms with van der Waals surface area (Å²) in [6.07, 6.45) is -0.759. The summed E-state index contributed by atoms with van der Waals surface area (Å²) in [6, 6.07) is 18.8. The first-order valence-corrected chi connectivity index (χ1v) is 16.1. The molecule has 2 amide bonds. The Morgan fingerprint density at radius 2 is 1.72 bits per heavy atom. The Kier molecular flexibility index (Phi) is 9.26. The number of halogens is 3. The molecule has 0 atom stereocenters. The molecule has 6 rings (SSSR count). The molecule has 13 heteroatoms. The van der Waals surface area contributed by atoms with Gasteiger partial charge < -0.3 is 19.7 Å². The first-order valence-electron chi connectivity index (χ1n) is 15.2. The molecule has 0 radical (unpaired) electrons. The van der Waals surface area contributed by atoms with Gasteiger partial charge in [0.15, 0.2) is 11.0 Å². The Balaban J connectivity index is 1.15. The zero-order chi connectivity index (χ0) is 33.1. The highest BCUT2D eigenvalue weighted by molar-refractivity contribution is 8.14. The number of carbonyl (C=O) groups is 1. The highest BCUT2D eigenvalue weighted by Crippen LogP contribution is 2.36. The van der Waals surface area contributed by atoms with E-state index in [0.29, 0.717) is 22.6 Å². The van der Waals surface area contributed by atoms with Crippen molar-refractivity contribution in [2.24, 2.45) is 4.99 Å². The Bertz CT molecular complexity index is 1820. The first-order chi connectivity index (χ1) is 22.6. The second-order valence-corrected chi connectivity index (χ2v) is 12.4. The quantitative estimate of drug-likeness (QED) is 0.203. The molecule has 244 valence electrons. The van der Waals surface area contributed by atoms with Gasteiger partial charge in [-0.25, -0.2) is 14.5 Å². The number of alkyl halides is 3. The Labute approximate surface area is 274 Å². The third kappa shape index (κ3) is 7.46. The molecule has 0 spiro atoms. The molecule has 1 N–H and O–H groups in total. The van der Waals surface area contributed by atoms with Gasteiger partial charge in [-0.05, 0) is 72.2 Å². The molecule has 0 saturated carbocycles. The van der Waals surface area contributed by atoms with Crippen LogP contribution in [0, 0.1) is 0 Å². The number of hydrogen-bond donors (Lipinski definition) is 1. The topological polar surface area (TPSA) is 93.9 Å². The van der Waals surface area contributed by atoms with Gasteiger partial charge in [-0.15, -0.1) is 18.3 Å². The standard InChI is InChI=1S/C34H33F3N6O3S/c1-21(2)27-16-15-26(45-3)19-30(27)42-17-18-47-33(42)40-32(44)39-29-6-4-5-28(29)22-7-9-23(10-8-22)31-38-20-43(41-31)24-11-13-25(14-12-24)46-34(35,36)37/h7-16,19-21H,4-6,17-18H2,1-3H3,(H,39,44). The van der Waals surface area contributed by atoms with E-state index in [1.54, 1.807) is 18.9 Å². The monoisotopic (exact) mass is 662 g/mol. The van der Waals surface area contributed by atoms with Gasteiger partial charge in [0, 0.05) is 35.3 Å². The minimum atomic E-state index is -4.75. The summed E-state index contributed by atoms with van der Waals surface area (Å²) in [5, 5.41) is 8.21. The lowest BCUT2D eigenvalue weighted by Crippen LogP contribution is -2.28. The van der Waals surface area contributed by atoms with Gasteiger partial charge in [-0.3, -0.25) is 0 Å². The van der Waals surface area contributed by atoms with Crippen LogP contribution >= 0.6 is 11.8 Å². The predicted molar refractivity (Wildman–Crippen MR) is 177 cm³/mol. The SMILES string of the molecule is COc1ccc(C(C)C)c(N2CCSC2=NC(=O)NC2=C(c3ccc(-c4ncn(-c5ccc(OC(F)(F)F)cc5)n4)cc3)CCC2)c1. The van der Waals surface area contributed by atoms with Crippen LogP contribution in [0.4, 0.5) is 23.7 Å². The van der Waals surface area contributed by atoms with Gasteiger partial charge in [-0.2, -0.15) is 4.99 Å². The van der Waals surface area contributed by atoms with E-state index in [1.807, 2.05) is 36.4 Å². The molecule has 2 aliphatic rings. The van der Waals surface area contributed by atoms with Crippen molar-refractivity contribution in [1.82, 2.24) is 20.1 Å². The molecule has 1 saturated heterocycles. The van der Waals surface area contributed by atoms with Crippen LogP contribution in [0.2, 0.25) is 0 Å². The second-order valence-electron chi connectivity index (χ2n) is 11.3.